The van der Waals surface area contributed by atoms with Gasteiger partial charge in [-0.25, -0.2) is 0 Å². The Balaban J connectivity index is 1.70. The number of rotatable bonds is 3. The van der Waals surface area contributed by atoms with Crippen molar-refractivity contribution in [2.24, 2.45) is 5.92 Å². The topological polar surface area (TPSA) is 64.9 Å². The van der Waals surface area contributed by atoms with Crippen molar-refractivity contribution in [3.63, 3.8) is 0 Å². The molecule has 1 aliphatic rings. The van der Waals surface area contributed by atoms with Gasteiger partial charge in [-0.1, -0.05) is 24.4 Å². The molecule has 1 aromatic heterocycles. The Bertz CT molecular complexity index is 527. The highest BCUT2D eigenvalue weighted by molar-refractivity contribution is 5.57. The monoisotopic (exact) mass is 257 g/mol. The molecule has 1 saturated carbocycles. The van der Waals surface area contributed by atoms with Gasteiger partial charge in [-0.15, -0.1) is 0 Å². The predicted octanol–water partition coefficient (Wildman–Crippen LogP) is 3.44. The Labute approximate surface area is 113 Å². The molecule has 1 heterocycles. The zero-order valence-corrected chi connectivity index (χ0v) is 11.0. The summed E-state index contributed by atoms with van der Waals surface area (Å²) in [6, 6.07) is 7.55. The van der Waals surface area contributed by atoms with Crippen LogP contribution >= 0.6 is 0 Å². The Morgan fingerprint density at radius 3 is 2.58 bits per heavy atom. The molecule has 19 heavy (non-hydrogen) atoms. The lowest BCUT2D eigenvalue weighted by atomic mass is 9.87. The molecular weight excluding hydrogens is 238 g/mol. The summed E-state index contributed by atoms with van der Waals surface area (Å²) in [7, 11) is 0. The Morgan fingerprint density at radius 1 is 1.11 bits per heavy atom. The molecular formula is C15H19N3O. The van der Waals surface area contributed by atoms with E-state index < -0.39 is 0 Å². The summed E-state index contributed by atoms with van der Waals surface area (Å²) in [6.07, 6.45) is 7.55. The highest BCUT2D eigenvalue weighted by atomic mass is 16.5. The summed E-state index contributed by atoms with van der Waals surface area (Å²) < 4.78 is 5.36. The first-order valence-corrected chi connectivity index (χ1v) is 7.00. The molecule has 2 N–H and O–H groups in total. The minimum Gasteiger partial charge on any atom is -0.399 e. The zero-order chi connectivity index (χ0) is 13.1. The van der Waals surface area contributed by atoms with Crippen molar-refractivity contribution in [1.29, 1.82) is 0 Å². The molecule has 1 aromatic carbocycles. The predicted molar refractivity (Wildman–Crippen MR) is 74.4 cm³/mol. The number of nitrogen functional groups attached to an aromatic ring is 1. The van der Waals surface area contributed by atoms with Crippen LogP contribution in [0.1, 0.15) is 38.0 Å². The quantitative estimate of drug-likeness (QED) is 0.855. The van der Waals surface area contributed by atoms with Crippen molar-refractivity contribution in [3.8, 4) is 11.4 Å². The van der Waals surface area contributed by atoms with E-state index in [1.165, 1.54) is 32.1 Å². The van der Waals surface area contributed by atoms with Crippen LogP contribution in [0.3, 0.4) is 0 Å². The van der Waals surface area contributed by atoms with E-state index in [1.54, 1.807) is 0 Å². The smallest absolute Gasteiger partial charge is 0.227 e. The van der Waals surface area contributed by atoms with E-state index in [-0.39, 0.29) is 0 Å². The van der Waals surface area contributed by atoms with Crippen molar-refractivity contribution >= 4 is 5.69 Å². The van der Waals surface area contributed by atoms with Gasteiger partial charge in [0.05, 0.1) is 0 Å². The van der Waals surface area contributed by atoms with Gasteiger partial charge in [0, 0.05) is 17.7 Å². The van der Waals surface area contributed by atoms with Gasteiger partial charge in [0.25, 0.3) is 0 Å². The van der Waals surface area contributed by atoms with Gasteiger partial charge in [-0.05, 0) is 43.0 Å². The van der Waals surface area contributed by atoms with Crippen LogP contribution in [0.2, 0.25) is 0 Å². The second-order valence-electron chi connectivity index (χ2n) is 5.34. The summed E-state index contributed by atoms with van der Waals surface area (Å²) in [4.78, 5) is 4.49. The average Bonchev–Trinajstić information content (AvgIpc) is 2.89. The third kappa shape index (κ3) is 2.95. The first-order valence-electron chi connectivity index (χ1n) is 7.00. The van der Waals surface area contributed by atoms with Crippen LogP contribution in [0, 0.1) is 5.92 Å². The maximum atomic E-state index is 5.67. The van der Waals surface area contributed by atoms with Crippen molar-refractivity contribution in [2.75, 3.05) is 5.73 Å². The van der Waals surface area contributed by atoms with Gasteiger partial charge in [0.2, 0.25) is 11.7 Å². The van der Waals surface area contributed by atoms with Crippen LogP contribution in [-0.4, -0.2) is 10.1 Å². The molecule has 4 heteroatoms. The van der Waals surface area contributed by atoms with E-state index in [1.807, 2.05) is 24.3 Å². The molecule has 0 atom stereocenters. The van der Waals surface area contributed by atoms with E-state index in [0.717, 1.165) is 23.6 Å². The maximum Gasteiger partial charge on any atom is 0.227 e. The Morgan fingerprint density at radius 2 is 1.84 bits per heavy atom. The van der Waals surface area contributed by atoms with Crippen LogP contribution in [0.15, 0.2) is 28.8 Å². The van der Waals surface area contributed by atoms with Crippen LogP contribution in [-0.2, 0) is 6.42 Å². The fraction of sp³-hybridized carbons (Fsp3) is 0.467. The molecule has 1 aliphatic carbocycles. The van der Waals surface area contributed by atoms with Gasteiger partial charge >= 0.3 is 0 Å². The lowest BCUT2D eigenvalue weighted by Gasteiger charge is -2.19. The Hall–Kier alpha value is -1.84. The molecule has 0 spiro atoms. The number of anilines is 1. The third-order valence-electron chi connectivity index (χ3n) is 3.83. The summed E-state index contributed by atoms with van der Waals surface area (Å²) in [6.45, 7) is 0. The SMILES string of the molecule is Nc1ccc(-c2noc(CC3CCCCC3)n2)cc1. The molecule has 0 unspecified atom stereocenters. The van der Waals surface area contributed by atoms with Gasteiger partial charge in [0.1, 0.15) is 0 Å². The average molecular weight is 257 g/mol. The molecule has 3 rings (SSSR count). The van der Waals surface area contributed by atoms with Crippen LogP contribution in [0.25, 0.3) is 11.4 Å². The van der Waals surface area contributed by atoms with Gasteiger partial charge in [-0.2, -0.15) is 4.98 Å². The molecule has 0 saturated heterocycles. The molecule has 0 amide bonds. The van der Waals surface area contributed by atoms with Crippen LogP contribution in [0.5, 0.6) is 0 Å². The summed E-state index contributed by atoms with van der Waals surface area (Å²) in [5, 5.41) is 4.05. The largest absolute Gasteiger partial charge is 0.399 e. The van der Waals surface area contributed by atoms with E-state index in [9.17, 15) is 0 Å². The Kier molecular flexibility index (Phi) is 3.49. The van der Waals surface area contributed by atoms with E-state index in [4.69, 9.17) is 10.3 Å². The van der Waals surface area contributed by atoms with E-state index in [2.05, 4.69) is 10.1 Å². The highest BCUT2D eigenvalue weighted by Gasteiger charge is 2.17. The first-order chi connectivity index (χ1) is 9.31. The fourth-order valence-corrected chi connectivity index (χ4v) is 2.73. The number of aromatic nitrogens is 2. The van der Waals surface area contributed by atoms with Crippen molar-refractivity contribution < 1.29 is 4.52 Å². The molecule has 2 aromatic rings. The number of nitrogens with two attached hydrogens (primary N) is 1. The standard InChI is InChI=1S/C15H19N3O/c16-13-8-6-12(7-9-13)15-17-14(19-18-15)10-11-4-2-1-3-5-11/h6-9,11H,1-5,10,16H2. The van der Waals surface area contributed by atoms with Gasteiger partial charge in [0.15, 0.2) is 0 Å². The van der Waals surface area contributed by atoms with Crippen LogP contribution < -0.4 is 5.73 Å². The highest BCUT2D eigenvalue weighted by Crippen LogP contribution is 2.27. The number of nitrogens with zero attached hydrogens (tertiary/aromatic N) is 2. The third-order valence-corrected chi connectivity index (χ3v) is 3.83. The second-order valence-corrected chi connectivity index (χ2v) is 5.34. The number of benzene rings is 1. The van der Waals surface area contributed by atoms with E-state index in [0.29, 0.717) is 11.7 Å². The zero-order valence-electron chi connectivity index (χ0n) is 11.0. The maximum absolute atomic E-state index is 5.67. The minimum atomic E-state index is 0.658. The summed E-state index contributed by atoms with van der Waals surface area (Å²) >= 11 is 0. The van der Waals surface area contributed by atoms with E-state index >= 15 is 0 Å². The van der Waals surface area contributed by atoms with Crippen molar-refractivity contribution in [3.05, 3.63) is 30.2 Å². The van der Waals surface area contributed by atoms with Crippen LogP contribution in [0.4, 0.5) is 5.69 Å². The van der Waals surface area contributed by atoms with Gasteiger partial charge < -0.3 is 10.3 Å². The lowest BCUT2D eigenvalue weighted by molar-refractivity contribution is 0.305. The molecule has 0 aliphatic heterocycles. The second kappa shape index (κ2) is 5.43. The number of hydrogen-bond acceptors (Lipinski definition) is 4. The lowest BCUT2D eigenvalue weighted by Crippen LogP contribution is -2.09. The molecule has 100 valence electrons. The van der Waals surface area contributed by atoms with Crippen molar-refractivity contribution in [1.82, 2.24) is 10.1 Å². The normalized spacial score (nSPS) is 16.6. The molecule has 4 nitrogen and oxygen atoms in total. The summed E-state index contributed by atoms with van der Waals surface area (Å²) in [5.74, 6) is 2.14. The van der Waals surface area contributed by atoms with Gasteiger partial charge in [-0.3, -0.25) is 0 Å². The molecule has 0 bridgehead atoms. The number of hydrogen-bond donors (Lipinski definition) is 1. The molecule has 1 fully saturated rings. The minimum absolute atomic E-state index is 0.658. The fourth-order valence-electron chi connectivity index (χ4n) is 2.73. The summed E-state index contributed by atoms with van der Waals surface area (Å²) in [5.41, 5.74) is 7.37. The van der Waals surface area contributed by atoms with Crippen molar-refractivity contribution in [2.45, 2.75) is 38.5 Å². The molecule has 0 radical (unpaired) electrons. The first kappa shape index (κ1) is 12.2.